The molecule has 0 bridgehead atoms. The minimum Gasteiger partial charge on any atom is -0.491 e. The molecule has 0 aliphatic heterocycles. The third kappa shape index (κ3) is 5.91. The molecule has 0 saturated heterocycles. The highest BCUT2D eigenvalue weighted by atomic mass is 35.5. The van der Waals surface area contributed by atoms with Gasteiger partial charge in [-0.15, -0.1) is 0 Å². The average Bonchev–Trinajstić information content (AvgIpc) is 3.26. The predicted molar refractivity (Wildman–Crippen MR) is 81.6 cm³/mol. The van der Waals surface area contributed by atoms with Crippen LogP contribution >= 0.6 is 11.6 Å². The smallest absolute Gasteiger partial charge is 0.237 e. The number of ether oxygens (including phenoxy) is 1. The molecule has 21 heavy (non-hydrogen) atoms. The summed E-state index contributed by atoms with van der Waals surface area (Å²) in [5.74, 6) is 0.585. The van der Waals surface area contributed by atoms with Gasteiger partial charge in [-0.2, -0.15) is 0 Å². The van der Waals surface area contributed by atoms with Gasteiger partial charge in [0.25, 0.3) is 0 Å². The number of carbonyl (C=O) groups is 1. The van der Waals surface area contributed by atoms with Gasteiger partial charge in [0.05, 0.1) is 6.04 Å². The maximum absolute atomic E-state index is 11.7. The molecule has 1 aliphatic rings. The molecule has 1 aromatic carbocycles. The van der Waals surface area contributed by atoms with E-state index in [4.69, 9.17) is 16.3 Å². The summed E-state index contributed by atoms with van der Waals surface area (Å²) in [4.78, 5) is 11.7. The number of benzene rings is 1. The van der Waals surface area contributed by atoms with Crippen LogP contribution in [0.5, 0.6) is 5.75 Å². The van der Waals surface area contributed by atoms with Crippen molar-refractivity contribution < 1.29 is 14.6 Å². The van der Waals surface area contributed by atoms with Crippen LogP contribution in [0.2, 0.25) is 5.02 Å². The van der Waals surface area contributed by atoms with E-state index >= 15 is 0 Å². The van der Waals surface area contributed by atoms with Crippen molar-refractivity contribution in [1.29, 1.82) is 0 Å². The first-order valence-electron chi connectivity index (χ1n) is 7.15. The van der Waals surface area contributed by atoms with Crippen molar-refractivity contribution in [3.63, 3.8) is 0 Å². The molecule has 1 fully saturated rings. The highest BCUT2D eigenvalue weighted by molar-refractivity contribution is 6.30. The number of nitrogens with one attached hydrogen (secondary N) is 2. The van der Waals surface area contributed by atoms with Gasteiger partial charge in [0.15, 0.2) is 0 Å². The molecule has 0 spiro atoms. The van der Waals surface area contributed by atoms with Crippen LogP contribution in [-0.2, 0) is 4.79 Å². The number of halogens is 1. The van der Waals surface area contributed by atoms with E-state index < -0.39 is 6.10 Å². The lowest BCUT2D eigenvalue weighted by molar-refractivity contribution is -0.123. The van der Waals surface area contributed by atoms with Gasteiger partial charge in [-0.05, 0) is 38.0 Å². The molecule has 1 aromatic rings. The molecule has 0 radical (unpaired) electrons. The van der Waals surface area contributed by atoms with Crippen molar-refractivity contribution in [3.8, 4) is 5.75 Å². The van der Waals surface area contributed by atoms with Crippen LogP contribution in [0.4, 0.5) is 0 Å². The van der Waals surface area contributed by atoms with Crippen LogP contribution in [0.15, 0.2) is 24.3 Å². The monoisotopic (exact) mass is 312 g/mol. The first-order chi connectivity index (χ1) is 10.0. The highest BCUT2D eigenvalue weighted by Crippen LogP contribution is 2.18. The predicted octanol–water partition coefficient (Wildman–Crippen LogP) is 1.34. The van der Waals surface area contributed by atoms with Crippen molar-refractivity contribution in [3.05, 3.63) is 29.3 Å². The third-order valence-corrected chi connectivity index (χ3v) is 3.45. The molecule has 0 aromatic heterocycles. The summed E-state index contributed by atoms with van der Waals surface area (Å²) in [5, 5.41) is 16.3. The Morgan fingerprint density at radius 3 is 2.95 bits per heavy atom. The summed E-state index contributed by atoms with van der Waals surface area (Å²) in [7, 11) is 0. The number of amides is 1. The van der Waals surface area contributed by atoms with Crippen molar-refractivity contribution in [2.45, 2.75) is 38.0 Å². The van der Waals surface area contributed by atoms with E-state index in [2.05, 4.69) is 10.6 Å². The zero-order chi connectivity index (χ0) is 15.2. The Morgan fingerprint density at radius 1 is 1.52 bits per heavy atom. The van der Waals surface area contributed by atoms with Crippen molar-refractivity contribution in [1.82, 2.24) is 10.6 Å². The average molecular weight is 313 g/mol. The van der Waals surface area contributed by atoms with Crippen LogP contribution in [-0.4, -0.2) is 42.4 Å². The second kappa shape index (κ2) is 7.64. The van der Waals surface area contributed by atoms with E-state index in [1.165, 1.54) is 0 Å². The Balaban J connectivity index is 1.64. The number of hydrogen-bond acceptors (Lipinski definition) is 4. The van der Waals surface area contributed by atoms with Gasteiger partial charge >= 0.3 is 0 Å². The first kappa shape index (κ1) is 16.1. The molecule has 0 heterocycles. The third-order valence-electron chi connectivity index (χ3n) is 3.22. The lowest BCUT2D eigenvalue weighted by Gasteiger charge is -2.17. The summed E-state index contributed by atoms with van der Waals surface area (Å²) in [5.41, 5.74) is 0. The quantitative estimate of drug-likeness (QED) is 0.677. The van der Waals surface area contributed by atoms with E-state index in [1.54, 1.807) is 31.2 Å². The highest BCUT2D eigenvalue weighted by Gasteiger charge is 2.25. The van der Waals surface area contributed by atoms with Crippen molar-refractivity contribution in [2.75, 3.05) is 13.2 Å². The second-order valence-electron chi connectivity index (χ2n) is 5.34. The molecule has 1 saturated carbocycles. The van der Waals surface area contributed by atoms with Gasteiger partial charge in [-0.3, -0.25) is 4.79 Å². The van der Waals surface area contributed by atoms with E-state index in [0.29, 0.717) is 23.4 Å². The van der Waals surface area contributed by atoms with Gasteiger partial charge in [0.1, 0.15) is 18.5 Å². The summed E-state index contributed by atoms with van der Waals surface area (Å²) < 4.78 is 5.44. The normalized spacial score (nSPS) is 17.1. The van der Waals surface area contributed by atoms with Gasteiger partial charge in [0, 0.05) is 17.6 Å². The summed E-state index contributed by atoms with van der Waals surface area (Å²) >= 11 is 5.84. The summed E-state index contributed by atoms with van der Waals surface area (Å²) in [6.45, 7) is 2.21. The standard InChI is InChI=1S/C15H21ClN2O3/c1-10(15(20)18-12-5-6-12)17-8-13(19)9-21-14-4-2-3-11(16)7-14/h2-4,7,10,12-13,17,19H,5-6,8-9H2,1H3,(H,18,20). The fourth-order valence-electron chi connectivity index (χ4n) is 1.77. The molecule has 2 rings (SSSR count). The molecule has 116 valence electrons. The maximum atomic E-state index is 11.7. The molecule has 2 atom stereocenters. The lowest BCUT2D eigenvalue weighted by atomic mass is 10.2. The number of aliphatic hydroxyl groups excluding tert-OH is 1. The Morgan fingerprint density at radius 2 is 2.29 bits per heavy atom. The van der Waals surface area contributed by atoms with E-state index in [0.717, 1.165) is 12.8 Å². The molecule has 6 heteroatoms. The largest absolute Gasteiger partial charge is 0.491 e. The Labute approximate surface area is 129 Å². The van der Waals surface area contributed by atoms with Crippen LogP contribution in [0.1, 0.15) is 19.8 Å². The van der Waals surface area contributed by atoms with Crippen molar-refractivity contribution in [2.24, 2.45) is 0 Å². The lowest BCUT2D eigenvalue weighted by Crippen LogP contribution is -2.46. The molecular formula is C15H21ClN2O3. The fraction of sp³-hybridized carbons (Fsp3) is 0.533. The Kier molecular flexibility index (Phi) is 5.85. The number of hydrogen-bond donors (Lipinski definition) is 3. The van der Waals surface area contributed by atoms with E-state index in [9.17, 15) is 9.90 Å². The molecule has 3 N–H and O–H groups in total. The van der Waals surface area contributed by atoms with Crippen LogP contribution in [0.3, 0.4) is 0 Å². The molecule has 5 nitrogen and oxygen atoms in total. The first-order valence-corrected chi connectivity index (χ1v) is 7.52. The summed E-state index contributed by atoms with van der Waals surface area (Å²) in [6, 6.07) is 7.02. The minimum atomic E-state index is -0.694. The van der Waals surface area contributed by atoms with Gasteiger partial charge in [-0.1, -0.05) is 17.7 Å². The number of aliphatic hydroxyl groups is 1. The van der Waals surface area contributed by atoms with Crippen molar-refractivity contribution >= 4 is 17.5 Å². The van der Waals surface area contributed by atoms with Gasteiger partial charge in [-0.25, -0.2) is 0 Å². The van der Waals surface area contributed by atoms with Crippen LogP contribution in [0.25, 0.3) is 0 Å². The van der Waals surface area contributed by atoms with Crippen LogP contribution in [0, 0.1) is 0 Å². The van der Waals surface area contributed by atoms with Gasteiger partial charge in [0.2, 0.25) is 5.91 Å². The zero-order valence-electron chi connectivity index (χ0n) is 12.0. The molecule has 1 aliphatic carbocycles. The fourth-order valence-corrected chi connectivity index (χ4v) is 1.95. The molecular weight excluding hydrogens is 292 g/mol. The van der Waals surface area contributed by atoms with Gasteiger partial charge < -0.3 is 20.5 Å². The van der Waals surface area contributed by atoms with E-state index in [-0.39, 0.29) is 18.6 Å². The second-order valence-corrected chi connectivity index (χ2v) is 5.77. The Bertz CT molecular complexity index is 480. The minimum absolute atomic E-state index is 0.0274. The number of rotatable bonds is 8. The molecule has 1 amide bonds. The SMILES string of the molecule is CC(NCC(O)COc1cccc(Cl)c1)C(=O)NC1CC1. The zero-order valence-corrected chi connectivity index (χ0v) is 12.8. The van der Waals surface area contributed by atoms with E-state index in [1.807, 2.05) is 0 Å². The van der Waals surface area contributed by atoms with Crippen LogP contribution < -0.4 is 15.4 Å². The molecule has 2 unspecified atom stereocenters. The Hall–Kier alpha value is -1.30. The number of carbonyl (C=O) groups excluding carboxylic acids is 1. The topological polar surface area (TPSA) is 70.6 Å². The maximum Gasteiger partial charge on any atom is 0.237 e. The summed E-state index contributed by atoms with van der Waals surface area (Å²) in [6.07, 6.45) is 1.43.